The molecule has 0 atom stereocenters. The van der Waals surface area contributed by atoms with Crippen LogP contribution in [0.2, 0.25) is 5.02 Å². The number of rotatable bonds is 3. The summed E-state index contributed by atoms with van der Waals surface area (Å²) in [6.07, 6.45) is 2.80. The first-order valence-corrected chi connectivity index (χ1v) is 8.75. The zero-order chi connectivity index (χ0) is 19.8. The first-order valence-electron chi connectivity index (χ1n) is 8.37. The van der Waals surface area contributed by atoms with Crippen molar-refractivity contribution in [2.45, 2.75) is 26.4 Å². The third kappa shape index (κ3) is 3.95. The van der Waals surface area contributed by atoms with Crippen LogP contribution >= 0.6 is 11.6 Å². The van der Waals surface area contributed by atoms with Crippen molar-refractivity contribution in [1.82, 2.24) is 9.55 Å². The highest BCUT2D eigenvalue weighted by atomic mass is 35.5. The second-order valence-corrected chi connectivity index (χ2v) is 7.62. The van der Waals surface area contributed by atoms with Crippen molar-refractivity contribution in [2.24, 2.45) is 7.05 Å². The summed E-state index contributed by atoms with van der Waals surface area (Å²) in [5.41, 5.74) is 2.25. The van der Waals surface area contributed by atoms with Crippen LogP contribution in [0.5, 0.6) is 0 Å². The molecule has 7 heteroatoms. The second-order valence-electron chi connectivity index (χ2n) is 7.18. The van der Waals surface area contributed by atoms with E-state index in [4.69, 9.17) is 16.3 Å². The van der Waals surface area contributed by atoms with Gasteiger partial charge in [-0.2, -0.15) is 0 Å². The van der Waals surface area contributed by atoms with Crippen molar-refractivity contribution in [3.63, 3.8) is 0 Å². The molecule has 2 aromatic heterocycles. The molecule has 2 amide bonds. The van der Waals surface area contributed by atoms with Gasteiger partial charge in [0, 0.05) is 34.7 Å². The number of imide groups is 1. The standard InChI is InChI=1S/C20H20ClN3O3/c1-20(2,3)27-19(26)24(12-25)16-7-14(10-22-11-16)17-8-13-5-6-15(21)9-18(13)23(17)4/h5-12H,1-4H3. The van der Waals surface area contributed by atoms with E-state index in [2.05, 4.69) is 4.98 Å². The van der Waals surface area contributed by atoms with Crippen LogP contribution in [0.4, 0.5) is 10.5 Å². The molecule has 0 aliphatic heterocycles. The maximum atomic E-state index is 12.3. The lowest BCUT2D eigenvalue weighted by Gasteiger charge is -2.23. The van der Waals surface area contributed by atoms with Crippen molar-refractivity contribution in [3.8, 4) is 11.3 Å². The summed E-state index contributed by atoms with van der Waals surface area (Å²) in [6.45, 7) is 5.22. The molecule has 0 unspecified atom stereocenters. The van der Waals surface area contributed by atoms with Crippen LogP contribution < -0.4 is 4.90 Å². The molecule has 3 rings (SSSR count). The molecule has 0 aliphatic rings. The van der Waals surface area contributed by atoms with Gasteiger partial charge in [-0.1, -0.05) is 17.7 Å². The molecule has 1 aromatic carbocycles. The van der Waals surface area contributed by atoms with Gasteiger partial charge in [0.1, 0.15) is 5.60 Å². The summed E-state index contributed by atoms with van der Waals surface area (Å²) in [5.74, 6) is 0. The summed E-state index contributed by atoms with van der Waals surface area (Å²) in [5, 5.41) is 1.68. The predicted molar refractivity (Wildman–Crippen MR) is 106 cm³/mol. The number of amides is 2. The van der Waals surface area contributed by atoms with Gasteiger partial charge in [0.15, 0.2) is 0 Å². The van der Waals surface area contributed by atoms with Crippen molar-refractivity contribution in [2.75, 3.05) is 4.90 Å². The number of aromatic nitrogens is 2. The van der Waals surface area contributed by atoms with Crippen LogP contribution in [-0.2, 0) is 16.6 Å². The Hall–Kier alpha value is -2.86. The van der Waals surface area contributed by atoms with Crippen LogP contribution in [0.1, 0.15) is 20.8 Å². The summed E-state index contributed by atoms with van der Waals surface area (Å²) in [6, 6.07) is 9.39. The fraction of sp³-hybridized carbons (Fsp3) is 0.250. The number of hydrogen-bond donors (Lipinski definition) is 0. The fourth-order valence-electron chi connectivity index (χ4n) is 2.80. The number of fused-ring (bicyclic) bond motifs is 1. The third-order valence-corrected chi connectivity index (χ3v) is 4.24. The molecule has 0 N–H and O–H groups in total. The Balaban J connectivity index is 2.02. The van der Waals surface area contributed by atoms with E-state index >= 15 is 0 Å². The van der Waals surface area contributed by atoms with Gasteiger partial charge < -0.3 is 9.30 Å². The van der Waals surface area contributed by atoms with Gasteiger partial charge in [0.2, 0.25) is 6.41 Å². The summed E-state index contributed by atoms with van der Waals surface area (Å²) in [4.78, 5) is 28.9. The Labute approximate surface area is 162 Å². The number of hydrogen-bond acceptors (Lipinski definition) is 4. The number of aryl methyl sites for hydroxylation is 1. The van der Waals surface area contributed by atoms with Gasteiger partial charge in [-0.05, 0) is 45.0 Å². The molecule has 3 aromatic rings. The molecule has 27 heavy (non-hydrogen) atoms. The number of benzene rings is 1. The van der Waals surface area contributed by atoms with Gasteiger partial charge in [-0.15, -0.1) is 0 Å². The molecule has 0 spiro atoms. The van der Waals surface area contributed by atoms with Gasteiger partial charge in [0.25, 0.3) is 0 Å². The van der Waals surface area contributed by atoms with Crippen LogP contribution in [0.15, 0.2) is 42.7 Å². The number of nitrogens with zero attached hydrogens (tertiary/aromatic N) is 3. The number of carbonyl (C=O) groups excluding carboxylic acids is 2. The van der Waals surface area contributed by atoms with Gasteiger partial charge in [0.05, 0.1) is 17.6 Å². The lowest BCUT2D eigenvalue weighted by Crippen LogP contribution is -2.36. The number of anilines is 1. The molecule has 0 aliphatic carbocycles. The molecule has 6 nitrogen and oxygen atoms in total. The second kappa shape index (κ2) is 7.04. The van der Waals surface area contributed by atoms with Gasteiger partial charge in [-0.3, -0.25) is 9.78 Å². The van der Waals surface area contributed by atoms with E-state index in [1.165, 1.54) is 6.20 Å². The van der Waals surface area contributed by atoms with Crippen molar-refractivity contribution in [1.29, 1.82) is 0 Å². The minimum absolute atomic E-state index is 0.333. The number of pyridine rings is 1. The van der Waals surface area contributed by atoms with E-state index in [9.17, 15) is 9.59 Å². The Kier molecular flexibility index (Phi) is 4.93. The largest absolute Gasteiger partial charge is 0.443 e. The van der Waals surface area contributed by atoms with Crippen molar-refractivity contribution in [3.05, 3.63) is 47.7 Å². The Morgan fingerprint density at radius 3 is 2.63 bits per heavy atom. The molecular formula is C20H20ClN3O3. The number of ether oxygens (including phenoxy) is 1. The number of carbonyl (C=O) groups is 2. The highest BCUT2D eigenvalue weighted by Gasteiger charge is 2.24. The summed E-state index contributed by atoms with van der Waals surface area (Å²) < 4.78 is 7.27. The zero-order valence-electron chi connectivity index (χ0n) is 15.6. The van der Waals surface area contributed by atoms with Crippen LogP contribution in [0.3, 0.4) is 0 Å². The topological polar surface area (TPSA) is 64.4 Å². The summed E-state index contributed by atoms with van der Waals surface area (Å²) in [7, 11) is 1.92. The van der Waals surface area contributed by atoms with E-state index in [1.54, 1.807) is 33.0 Å². The van der Waals surface area contributed by atoms with E-state index in [0.717, 1.165) is 27.1 Å². The molecule has 140 valence electrons. The van der Waals surface area contributed by atoms with Gasteiger partial charge in [-0.25, -0.2) is 9.69 Å². The molecule has 0 saturated carbocycles. The molecule has 0 fully saturated rings. The molecule has 0 bridgehead atoms. The molecule has 2 heterocycles. The Morgan fingerprint density at radius 2 is 1.96 bits per heavy atom. The average Bonchev–Trinajstić information content (AvgIpc) is 2.91. The Bertz CT molecular complexity index is 1020. The SMILES string of the molecule is Cn1c(-c2cncc(N(C=O)C(=O)OC(C)(C)C)c2)cc2ccc(Cl)cc21. The first-order chi connectivity index (χ1) is 12.7. The Morgan fingerprint density at radius 1 is 1.22 bits per heavy atom. The highest BCUT2D eigenvalue weighted by molar-refractivity contribution is 6.31. The van der Waals surface area contributed by atoms with E-state index in [1.807, 2.05) is 35.9 Å². The monoisotopic (exact) mass is 385 g/mol. The van der Waals surface area contributed by atoms with Crippen LogP contribution in [-0.4, -0.2) is 27.7 Å². The fourth-order valence-corrected chi connectivity index (χ4v) is 2.97. The van der Waals surface area contributed by atoms with E-state index in [-0.39, 0.29) is 0 Å². The van der Waals surface area contributed by atoms with E-state index in [0.29, 0.717) is 17.1 Å². The van der Waals surface area contributed by atoms with Crippen LogP contribution in [0, 0.1) is 0 Å². The van der Waals surface area contributed by atoms with Gasteiger partial charge >= 0.3 is 6.09 Å². The average molecular weight is 386 g/mol. The smallest absolute Gasteiger partial charge is 0.421 e. The first kappa shape index (κ1) is 18.9. The third-order valence-electron chi connectivity index (χ3n) is 4.00. The van der Waals surface area contributed by atoms with Crippen molar-refractivity contribution < 1.29 is 14.3 Å². The molecule has 0 radical (unpaired) electrons. The lowest BCUT2D eigenvalue weighted by molar-refractivity contribution is -0.107. The quantitative estimate of drug-likeness (QED) is 0.608. The molecule has 0 saturated heterocycles. The predicted octanol–water partition coefficient (Wildman–Crippen LogP) is 4.79. The molecular weight excluding hydrogens is 366 g/mol. The number of halogens is 1. The van der Waals surface area contributed by atoms with Crippen LogP contribution in [0.25, 0.3) is 22.2 Å². The maximum absolute atomic E-state index is 12.3. The normalized spacial score (nSPS) is 11.4. The zero-order valence-corrected chi connectivity index (χ0v) is 16.3. The van der Waals surface area contributed by atoms with Crippen molar-refractivity contribution >= 4 is 40.7 Å². The summed E-state index contributed by atoms with van der Waals surface area (Å²) >= 11 is 6.10. The highest BCUT2D eigenvalue weighted by Crippen LogP contribution is 2.30. The minimum Gasteiger partial charge on any atom is -0.443 e. The lowest BCUT2D eigenvalue weighted by atomic mass is 10.2. The minimum atomic E-state index is -0.750. The maximum Gasteiger partial charge on any atom is 0.421 e. The van der Waals surface area contributed by atoms with E-state index < -0.39 is 11.7 Å².